The lowest BCUT2D eigenvalue weighted by Gasteiger charge is -2.21. The van der Waals surface area contributed by atoms with E-state index < -0.39 is 0 Å². The average molecular weight is 134 g/mol. The van der Waals surface area contributed by atoms with Gasteiger partial charge in [-0.2, -0.15) is 0 Å². The molecule has 8 heavy (non-hydrogen) atoms. The fraction of sp³-hybridized carbons (Fsp3) is 0.833. The van der Waals surface area contributed by atoms with Crippen molar-refractivity contribution in [2.75, 3.05) is 0 Å². The van der Waals surface area contributed by atoms with Crippen molar-refractivity contribution < 1.29 is 5.11 Å². The van der Waals surface area contributed by atoms with Crippen LogP contribution in [0.15, 0.2) is 0 Å². The molecule has 0 amide bonds. The first-order valence-corrected chi connectivity index (χ1v) is 3.40. The molecule has 1 aliphatic carbocycles. The summed E-state index contributed by atoms with van der Waals surface area (Å²) in [6.07, 6.45) is 4.63. The molecule has 1 nitrogen and oxygen atoms in total. The summed E-state index contributed by atoms with van der Waals surface area (Å²) in [4.78, 5) is 0. The summed E-state index contributed by atoms with van der Waals surface area (Å²) in [5.74, 6) is 0. The van der Waals surface area contributed by atoms with Crippen LogP contribution in [0.25, 0.3) is 0 Å². The van der Waals surface area contributed by atoms with E-state index in [0.717, 1.165) is 19.3 Å². The number of aliphatic hydroxyl groups is 1. The van der Waals surface area contributed by atoms with E-state index >= 15 is 0 Å². The third kappa shape index (κ3) is 1.36. The summed E-state index contributed by atoms with van der Waals surface area (Å²) < 4.78 is 0. The third-order valence-electron chi connectivity index (χ3n) is 1.46. The second-order valence-corrected chi connectivity index (χ2v) is 2.73. The smallest absolute Gasteiger partial charge is 0.0735 e. The Balaban J connectivity index is 2.28. The van der Waals surface area contributed by atoms with Gasteiger partial charge in [0.1, 0.15) is 0 Å². The molecule has 1 radical (unpaired) electrons. The largest absolute Gasteiger partial charge is 0.391 e. The van der Waals surface area contributed by atoms with Crippen molar-refractivity contribution in [2.24, 2.45) is 0 Å². The number of rotatable bonds is 0. The maximum atomic E-state index is 8.99. The van der Waals surface area contributed by atoms with E-state index in [2.05, 4.69) is 0 Å². The van der Waals surface area contributed by atoms with E-state index in [0.29, 0.717) is 0 Å². The fourth-order valence-corrected chi connectivity index (χ4v) is 1.18. The number of halogens is 1. The van der Waals surface area contributed by atoms with Gasteiger partial charge in [0.25, 0.3) is 0 Å². The van der Waals surface area contributed by atoms with Crippen LogP contribution in [0.3, 0.4) is 0 Å². The van der Waals surface area contributed by atoms with Gasteiger partial charge < -0.3 is 5.11 Å². The van der Waals surface area contributed by atoms with E-state index in [1.807, 2.05) is 6.42 Å². The SMILES string of the molecule is OC1[CH]CCCC1Cl. The lowest BCUT2D eigenvalue weighted by atomic mass is 9.98. The molecule has 1 saturated carbocycles. The molecule has 0 bridgehead atoms. The first-order chi connectivity index (χ1) is 3.80. The normalized spacial score (nSPS) is 39.8. The van der Waals surface area contributed by atoms with Gasteiger partial charge in [0.05, 0.1) is 11.5 Å². The van der Waals surface area contributed by atoms with E-state index in [4.69, 9.17) is 16.7 Å². The minimum absolute atomic E-state index is 0.0243. The maximum Gasteiger partial charge on any atom is 0.0735 e. The van der Waals surface area contributed by atoms with Gasteiger partial charge in [-0.25, -0.2) is 0 Å². The zero-order valence-corrected chi connectivity index (χ0v) is 5.43. The molecule has 0 heterocycles. The molecule has 47 valence electrons. The van der Waals surface area contributed by atoms with Crippen LogP contribution < -0.4 is 0 Å². The minimum Gasteiger partial charge on any atom is -0.391 e. The van der Waals surface area contributed by atoms with Crippen molar-refractivity contribution in [3.8, 4) is 0 Å². The maximum absolute atomic E-state index is 8.99. The zero-order chi connectivity index (χ0) is 5.98. The number of aliphatic hydroxyl groups excluding tert-OH is 1. The van der Waals surface area contributed by atoms with Crippen molar-refractivity contribution in [2.45, 2.75) is 30.7 Å². The summed E-state index contributed by atoms with van der Waals surface area (Å²) in [5, 5.41) is 8.97. The molecule has 1 rings (SSSR count). The molecule has 0 aromatic carbocycles. The number of hydrogen-bond donors (Lipinski definition) is 1. The minimum atomic E-state index is -0.356. The van der Waals surface area contributed by atoms with E-state index in [1.54, 1.807) is 0 Å². The monoisotopic (exact) mass is 133 g/mol. The van der Waals surface area contributed by atoms with Crippen LogP contribution >= 0.6 is 11.6 Å². The number of alkyl halides is 1. The Kier molecular flexibility index (Phi) is 2.15. The molecular weight excluding hydrogens is 124 g/mol. The van der Waals surface area contributed by atoms with E-state index in [-0.39, 0.29) is 11.5 Å². The van der Waals surface area contributed by atoms with Gasteiger partial charge in [0.2, 0.25) is 0 Å². The molecule has 0 aromatic rings. The zero-order valence-electron chi connectivity index (χ0n) is 4.68. The summed E-state index contributed by atoms with van der Waals surface area (Å²) in [7, 11) is 0. The van der Waals surface area contributed by atoms with Gasteiger partial charge in [-0.15, -0.1) is 11.6 Å². The molecule has 0 spiro atoms. The summed E-state index contributed by atoms with van der Waals surface area (Å²) in [5.41, 5.74) is 0. The molecule has 2 atom stereocenters. The lowest BCUT2D eigenvalue weighted by molar-refractivity contribution is 0.178. The fourth-order valence-electron chi connectivity index (χ4n) is 0.920. The second kappa shape index (κ2) is 2.70. The highest BCUT2D eigenvalue weighted by atomic mass is 35.5. The Labute approximate surface area is 54.7 Å². The molecule has 0 saturated heterocycles. The summed E-state index contributed by atoms with van der Waals surface area (Å²) >= 11 is 5.69. The van der Waals surface area contributed by atoms with Gasteiger partial charge in [0, 0.05) is 0 Å². The molecule has 1 fully saturated rings. The lowest BCUT2D eigenvalue weighted by Crippen LogP contribution is -2.24. The van der Waals surface area contributed by atoms with Gasteiger partial charge in [-0.05, 0) is 19.3 Å². The van der Waals surface area contributed by atoms with Crippen molar-refractivity contribution in [3.05, 3.63) is 6.42 Å². The predicted octanol–water partition coefficient (Wildman–Crippen LogP) is 1.34. The molecular formula is C6H10ClO. The van der Waals surface area contributed by atoms with Crippen LogP contribution in [-0.4, -0.2) is 16.6 Å². The van der Waals surface area contributed by atoms with Crippen molar-refractivity contribution in [3.63, 3.8) is 0 Å². The number of hydrogen-bond acceptors (Lipinski definition) is 1. The van der Waals surface area contributed by atoms with Crippen LogP contribution in [0, 0.1) is 6.42 Å². The van der Waals surface area contributed by atoms with E-state index in [1.165, 1.54) is 0 Å². The average Bonchev–Trinajstić information content (AvgIpc) is 1.77. The predicted molar refractivity (Wildman–Crippen MR) is 33.8 cm³/mol. The van der Waals surface area contributed by atoms with Crippen LogP contribution in [0.2, 0.25) is 0 Å². The molecule has 1 N–H and O–H groups in total. The molecule has 0 aliphatic heterocycles. The van der Waals surface area contributed by atoms with Crippen molar-refractivity contribution >= 4 is 11.6 Å². The first kappa shape index (κ1) is 6.37. The van der Waals surface area contributed by atoms with Crippen LogP contribution in [-0.2, 0) is 0 Å². The molecule has 2 heteroatoms. The Bertz CT molecular complexity index is 64.9. The Morgan fingerprint density at radius 2 is 2.38 bits per heavy atom. The third-order valence-corrected chi connectivity index (χ3v) is 1.94. The second-order valence-electron chi connectivity index (χ2n) is 2.17. The van der Waals surface area contributed by atoms with Crippen molar-refractivity contribution in [1.82, 2.24) is 0 Å². The van der Waals surface area contributed by atoms with Gasteiger partial charge >= 0.3 is 0 Å². The molecule has 0 aromatic heterocycles. The highest BCUT2D eigenvalue weighted by molar-refractivity contribution is 6.21. The molecule has 1 aliphatic rings. The van der Waals surface area contributed by atoms with Gasteiger partial charge in [-0.1, -0.05) is 6.42 Å². The van der Waals surface area contributed by atoms with Crippen molar-refractivity contribution in [1.29, 1.82) is 0 Å². The Morgan fingerprint density at radius 3 is 2.75 bits per heavy atom. The van der Waals surface area contributed by atoms with Crippen LogP contribution in [0.1, 0.15) is 19.3 Å². The van der Waals surface area contributed by atoms with E-state index in [9.17, 15) is 0 Å². The van der Waals surface area contributed by atoms with Gasteiger partial charge in [0.15, 0.2) is 0 Å². The first-order valence-electron chi connectivity index (χ1n) is 2.96. The highest BCUT2D eigenvalue weighted by Crippen LogP contribution is 2.21. The summed E-state index contributed by atoms with van der Waals surface area (Å²) in [6, 6.07) is 0. The van der Waals surface area contributed by atoms with Crippen LogP contribution in [0.4, 0.5) is 0 Å². The standard InChI is InChI=1S/C6H10ClO/c7-5-3-1-2-4-6(5)8/h4-6,8H,1-3H2. The topological polar surface area (TPSA) is 20.2 Å². The summed E-state index contributed by atoms with van der Waals surface area (Å²) in [6.45, 7) is 0. The Morgan fingerprint density at radius 1 is 1.62 bits per heavy atom. The highest BCUT2D eigenvalue weighted by Gasteiger charge is 2.19. The molecule has 2 unspecified atom stereocenters. The Hall–Kier alpha value is 0.250. The van der Waals surface area contributed by atoms with Gasteiger partial charge in [-0.3, -0.25) is 0 Å². The quantitative estimate of drug-likeness (QED) is 0.495. The van der Waals surface area contributed by atoms with Crippen LogP contribution in [0.5, 0.6) is 0 Å².